The van der Waals surface area contributed by atoms with E-state index in [-0.39, 0.29) is 12.2 Å². The second kappa shape index (κ2) is 9.19. The summed E-state index contributed by atoms with van der Waals surface area (Å²) in [5.74, 6) is 1.73. The van der Waals surface area contributed by atoms with E-state index in [1.54, 1.807) is 11.1 Å². The fourth-order valence-corrected chi connectivity index (χ4v) is 4.20. The van der Waals surface area contributed by atoms with Crippen LogP contribution in [0.4, 0.5) is 11.6 Å². The van der Waals surface area contributed by atoms with Gasteiger partial charge in [0, 0.05) is 33.8 Å². The number of aryl methyl sites for hydroxylation is 1. The minimum absolute atomic E-state index is 0.0267. The van der Waals surface area contributed by atoms with Crippen molar-refractivity contribution < 1.29 is 9.66 Å². The summed E-state index contributed by atoms with van der Waals surface area (Å²) in [5.41, 5.74) is 3.94. The average molecular weight is 489 g/mol. The number of hydrogen-bond acceptors (Lipinski definition) is 7. The lowest BCUT2D eigenvalue weighted by molar-refractivity contribution is -0.384. The van der Waals surface area contributed by atoms with E-state index in [0.29, 0.717) is 40.4 Å². The molecule has 0 unspecified atom stereocenters. The first-order valence-electron chi connectivity index (χ1n) is 11.0. The topological polar surface area (TPSA) is 98.7 Å². The summed E-state index contributed by atoms with van der Waals surface area (Å²) in [6.45, 7) is 4.34. The zero-order valence-electron chi connectivity index (χ0n) is 19.1. The highest BCUT2D eigenvalue weighted by Crippen LogP contribution is 2.33. The van der Waals surface area contributed by atoms with Crippen molar-refractivity contribution in [3.63, 3.8) is 0 Å². The predicted molar refractivity (Wildman–Crippen MR) is 134 cm³/mol. The van der Waals surface area contributed by atoms with Gasteiger partial charge in [0.15, 0.2) is 0 Å². The lowest BCUT2D eigenvalue weighted by atomic mass is 10.0. The van der Waals surface area contributed by atoms with Crippen LogP contribution in [0.1, 0.15) is 29.4 Å². The van der Waals surface area contributed by atoms with Crippen molar-refractivity contribution in [1.29, 1.82) is 0 Å². The molecular weight excluding hydrogens is 468 g/mol. The molecule has 0 saturated heterocycles. The largest absolute Gasteiger partial charge is 0.494 e. The summed E-state index contributed by atoms with van der Waals surface area (Å²) in [5, 5.41) is 27.5. The number of nitro benzene ring substituents is 1. The summed E-state index contributed by atoms with van der Waals surface area (Å²) >= 11 is 6.14. The van der Waals surface area contributed by atoms with Crippen LogP contribution < -0.4 is 9.75 Å². The maximum atomic E-state index is 11.5. The fraction of sp³-hybridized carbons (Fsp3) is 0.160. The number of rotatable bonds is 6. The van der Waals surface area contributed by atoms with Gasteiger partial charge in [-0.25, -0.2) is 5.01 Å². The van der Waals surface area contributed by atoms with Crippen molar-refractivity contribution in [1.82, 2.24) is 14.8 Å². The van der Waals surface area contributed by atoms with Gasteiger partial charge in [-0.1, -0.05) is 41.9 Å². The Hall–Kier alpha value is -4.24. The molecule has 4 aromatic rings. The first-order valence-corrected chi connectivity index (χ1v) is 11.4. The van der Waals surface area contributed by atoms with Crippen molar-refractivity contribution in [2.75, 3.05) is 11.6 Å². The molecule has 0 N–H and O–H groups in total. The Kier molecular flexibility index (Phi) is 5.92. The lowest BCUT2D eigenvalue weighted by Gasteiger charge is -2.19. The number of halogens is 1. The van der Waals surface area contributed by atoms with Gasteiger partial charge in [-0.05, 0) is 38.1 Å². The highest BCUT2D eigenvalue weighted by atomic mass is 35.5. The maximum absolute atomic E-state index is 11.5. The molecule has 0 bridgehead atoms. The zero-order valence-corrected chi connectivity index (χ0v) is 19.8. The third kappa shape index (κ3) is 4.22. The predicted octanol–water partition coefficient (Wildman–Crippen LogP) is 5.31. The monoisotopic (exact) mass is 488 g/mol. The summed E-state index contributed by atoms with van der Waals surface area (Å²) < 4.78 is 7.70. The fourth-order valence-electron chi connectivity index (χ4n) is 4.08. The number of non-ortho nitro benzene ring substituents is 1. The molecule has 0 saturated carbocycles. The molecule has 176 valence electrons. The number of benzene rings is 3. The first-order chi connectivity index (χ1) is 17.0. The van der Waals surface area contributed by atoms with Crippen LogP contribution in [0.5, 0.6) is 5.75 Å². The molecule has 9 nitrogen and oxygen atoms in total. The average Bonchev–Trinajstić information content (AvgIpc) is 3.18. The number of fused-ring (bicyclic) bond motifs is 3. The summed E-state index contributed by atoms with van der Waals surface area (Å²) in [6.07, 6.45) is 0. The Labute approximate surface area is 206 Å². The third-order valence-corrected chi connectivity index (χ3v) is 5.90. The van der Waals surface area contributed by atoms with Gasteiger partial charge in [-0.15, -0.1) is 10.2 Å². The van der Waals surface area contributed by atoms with E-state index < -0.39 is 4.92 Å². The van der Waals surface area contributed by atoms with Gasteiger partial charge in [-0.3, -0.25) is 14.7 Å². The standard InChI is InChI=1S/C25H21ClN6O3/c1-3-35-23-13-12-20(32(33)34)14-18(23)15-30-25-28-27-16(2)31(25)22-7-5-4-6-21(22)24(29-30)17-8-10-19(26)11-9-17/h4-14H,3,15H2,1-2H3. The van der Waals surface area contributed by atoms with Crippen LogP contribution in [0.2, 0.25) is 5.02 Å². The molecule has 10 heteroatoms. The Morgan fingerprint density at radius 3 is 2.57 bits per heavy atom. The summed E-state index contributed by atoms with van der Waals surface area (Å²) in [4.78, 5) is 11.0. The van der Waals surface area contributed by atoms with E-state index in [1.807, 2.05) is 66.9 Å². The van der Waals surface area contributed by atoms with Crippen LogP contribution in [-0.4, -0.2) is 32.0 Å². The van der Waals surface area contributed by atoms with E-state index in [1.165, 1.54) is 12.1 Å². The van der Waals surface area contributed by atoms with E-state index in [2.05, 4.69) is 10.2 Å². The minimum Gasteiger partial charge on any atom is -0.494 e. The Bertz CT molecular complexity index is 1450. The van der Waals surface area contributed by atoms with Gasteiger partial charge < -0.3 is 4.74 Å². The van der Waals surface area contributed by atoms with Crippen molar-refractivity contribution in [2.24, 2.45) is 5.10 Å². The second-order valence-corrected chi connectivity index (χ2v) is 8.33. The number of hydrogen-bond donors (Lipinski definition) is 0. The van der Waals surface area contributed by atoms with Crippen molar-refractivity contribution in [3.05, 3.63) is 104 Å². The Balaban J connectivity index is 1.71. The van der Waals surface area contributed by atoms with Crippen molar-refractivity contribution in [2.45, 2.75) is 20.4 Å². The van der Waals surface area contributed by atoms with Crippen LogP contribution in [-0.2, 0) is 6.54 Å². The van der Waals surface area contributed by atoms with E-state index in [0.717, 1.165) is 16.8 Å². The number of para-hydroxylation sites is 1. The SMILES string of the molecule is CCOc1ccc([N+](=O)[O-])cc1CN1N=C(c2ccc(Cl)cc2)c2ccccc2-n2c(C)nnc21. The summed E-state index contributed by atoms with van der Waals surface area (Å²) in [6, 6.07) is 19.9. The molecule has 1 aromatic heterocycles. The molecule has 0 aliphatic carbocycles. The summed E-state index contributed by atoms with van der Waals surface area (Å²) in [7, 11) is 0. The Morgan fingerprint density at radius 2 is 1.83 bits per heavy atom. The zero-order chi connectivity index (χ0) is 24.5. The lowest BCUT2D eigenvalue weighted by Crippen LogP contribution is -2.21. The van der Waals surface area contributed by atoms with E-state index in [9.17, 15) is 10.1 Å². The molecule has 1 aliphatic heterocycles. The first kappa shape index (κ1) is 22.5. The van der Waals surface area contributed by atoms with Crippen LogP contribution in [0.15, 0.2) is 71.8 Å². The molecule has 5 rings (SSSR count). The maximum Gasteiger partial charge on any atom is 0.270 e. The van der Waals surface area contributed by atoms with Gasteiger partial charge in [0.2, 0.25) is 0 Å². The highest BCUT2D eigenvalue weighted by Gasteiger charge is 2.27. The molecule has 0 amide bonds. The second-order valence-electron chi connectivity index (χ2n) is 7.90. The van der Waals surface area contributed by atoms with Crippen LogP contribution in [0, 0.1) is 17.0 Å². The number of anilines is 1. The van der Waals surface area contributed by atoms with Crippen LogP contribution in [0.3, 0.4) is 0 Å². The minimum atomic E-state index is -0.424. The van der Waals surface area contributed by atoms with Gasteiger partial charge in [0.1, 0.15) is 17.3 Å². The van der Waals surface area contributed by atoms with E-state index in [4.69, 9.17) is 21.4 Å². The molecular formula is C25H21ClN6O3. The number of ether oxygens (including phenoxy) is 1. The molecule has 1 aliphatic rings. The van der Waals surface area contributed by atoms with Crippen molar-refractivity contribution >= 4 is 28.9 Å². The smallest absolute Gasteiger partial charge is 0.270 e. The Morgan fingerprint density at radius 1 is 1.06 bits per heavy atom. The molecule has 35 heavy (non-hydrogen) atoms. The highest BCUT2D eigenvalue weighted by molar-refractivity contribution is 6.30. The number of nitro groups is 1. The molecule has 2 heterocycles. The number of nitrogens with zero attached hydrogens (tertiary/aromatic N) is 6. The normalized spacial score (nSPS) is 12.4. The third-order valence-electron chi connectivity index (χ3n) is 5.65. The van der Waals surface area contributed by atoms with Gasteiger partial charge in [-0.2, -0.15) is 5.10 Å². The molecule has 0 atom stereocenters. The van der Waals surface area contributed by atoms with Crippen LogP contribution in [0.25, 0.3) is 5.69 Å². The molecule has 0 radical (unpaired) electrons. The van der Waals surface area contributed by atoms with Gasteiger partial charge in [0.05, 0.1) is 23.8 Å². The van der Waals surface area contributed by atoms with Crippen LogP contribution >= 0.6 is 11.6 Å². The quantitative estimate of drug-likeness (QED) is 0.269. The molecule has 0 spiro atoms. The van der Waals surface area contributed by atoms with Gasteiger partial charge in [0.25, 0.3) is 11.6 Å². The van der Waals surface area contributed by atoms with Crippen molar-refractivity contribution in [3.8, 4) is 11.4 Å². The number of hydrazone groups is 1. The van der Waals surface area contributed by atoms with E-state index >= 15 is 0 Å². The molecule has 3 aromatic carbocycles. The number of aromatic nitrogens is 3. The van der Waals surface area contributed by atoms with Gasteiger partial charge >= 0.3 is 0 Å². The molecule has 0 fully saturated rings.